The molecular weight excluding hydrogens is 361 g/mol. The Bertz CT molecular complexity index is 715. The van der Waals surface area contributed by atoms with Crippen LogP contribution in [-0.4, -0.2) is 20.4 Å². The quantitative estimate of drug-likeness (QED) is 0.844. The number of nitrogens with zero attached hydrogens (tertiary/aromatic N) is 1. The molecule has 0 spiro atoms. The number of anilines is 1. The first-order valence-electron chi connectivity index (χ1n) is 6.00. The molecule has 21 heavy (non-hydrogen) atoms. The fraction of sp³-hybridized carbons (Fsp3) is 0.154. The molecule has 0 saturated carbocycles. The molecule has 1 aromatic heterocycles. The molecule has 2 aromatic rings. The monoisotopic (exact) mass is 373 g/mol. The summed E-state index contributed by atoms with van der Waals surface area (Å²) in [6.07, 6.45) is 1.46. The highest BCUT2D eigenvalue weighted by atomic mass is 79.9. The first-order valence-corrected chi connectivity index (χ1v) is 8.28. The standard InChI is InChI=1S/C13H13BrFN3O2S/c1-16-7-9-5-6-12(17-8-9)21(19,20)18-13-10(14)3-2-4-11(13)15/h2-6,8,16,18H,7H2,1H3. The fourth-order valence-corrected chi connectivity index (χ4v) is 3.25. The number of para-hydroxylation sites is 1. The molecule has 0 fully saturated rings. The van der Waals surface area contributed by atoms with E-state index in [1.807, 2.05) is 0 Å². The molecule has 112 valence electrons. The second-order valence-corrected chi connectivity index (χ2v) is 6.72. The third-order valence-corrected chi connectivity index (χ3v) is 4.58. The number of aromatic nitrogens is 1. The van der Waals surface area contributed by atoms with Crippen molar-refractivity contribution in [3.05, 3.63) is 52.4 Å². The zero-order valence-electron chi connectivity index (χ0n) is 11.1. The average Bonchev–Trinajstić information content (AvgIpc) is 2.44. The molecular formula is C13H13BrFN3O2S. The van der Waals surface area contributed by atoms with E-state index in [2.05, 4.69) is 31.0 Å². The number of halogens is 2. The molecule has 0 aliphatic carbocycles. The predicted octanol–water partition coefficient (Wildman–Crippen LogP) is 2.50. The summed E-state index contributed by atoms with van der Waals surface area (Å²) in [5.74, 6) is -0.667. The van der Waals surface area contributed by atoms with Crippen molar-refractivity contribution in [3.63, 3.8) is 0 Å². The Labute approximate surface area is 130 Å². The number of hydrogen-bond acceptors (Lipinski definition) is 4. The summed E-state index contributed by atoms with van der Waals surface area (Å²) in [6, 6.07) is 7.22. The highest BCUT2D eigenvalue weighted by Crippen LogP contribution is 2.27. The van der Waals surface area contributed by atoms with E-state index in [1.54, 1.807) is 19.2 Å². The van der Waals surface area contributed by atoms with Crippen LogP contribution in [0, 0.1) is 5.82 Å². The van der Waals surface area contributed by atoms with Gasteiger partial charge in [0.2, 0.25) is 0 Å². The van der Waals surface area contributed by atoms with Crippen LogP contribution in [0.15, 0.2) is 46.0 Å². The predicted molar refractivity (Wildman–Crippen MR) is 81.9 cm³/mol. The Balaban J connectivity index is 2.30. The van der Waals surface area contributed by atoms with Crippen molar-refractivity contribution in [2.75, 3.05) is 11.8 Å². The maximum atomic E-state index is 13.7. The molecule has 2 rings (SSSR count). The summed E-state index contributed by atoms with van der Waals surface area (Å²) in [6.45, 7) is 0.583. The van der Waals surface area contributed by atoms with Crippen LogP contribution in [-0.2, 0) is 16.6 Å². The third kappa shape index (κ3) is 3.78. The van der Waals surface area contributed by atoms with E-state index >= 15 is 0 Å². The van der Waals surface area contributed by atoms with Crippen LogP contribution in [0.3, 0.4) is 0 Å². The molecule has 0 atom stereocenters. The van der Waals surface area contributed by atoms with Crippen LogP contribution in [0.5, 0.6) is 0 Å². The maximum Gasteiger partial charge on any atom is 0.279 e. The number of pyridine rings is 1. The van der Waals surface area contributed by atoms with Gasteiger partial charge in [0.1, 0.15) is 5.82 Å². The molecule has 0 aliphatic heterocycles. The Morgan fingerprint density at radius 2 is 2.05 bits per heavy atom. The summed E-state index contributed by atoms with van der Waals surface area (Å²) in [7, 11) is -2.16. The molecule has 0 radical (unpaired) electrons. The van der Waals surface area contributed by atoms with Gasteiger partial charge in [0.05, 0.1) is 5.69 Å². The van der Waals surface area contributed by atoms with Gasteiger partial charge in [-0.1, -0.05) is 12.1 Å². The van der Waals surface area contributed by atoms with Gasteiger partial charge in [0, 0.05) is 17.2 Å². The molecule has 1 aromatic carbocycles. The Hall–Kier alpha value is -1.51. The van der Waals surface area contributed by atoms with Crippen molar-refractivity contribution in [1.82, 2.24) is 10.3 Å². The van der Waals surface area contributed by atoms with Crippen molar-refractivity contribution in [3.8, 4) is 0 Å². The van der Waals surface area contributed by atoms with Gasteiger partial charge in [-0.25, -0.2) is 9.37 Å². The van der Waals surface area contributed by atoms with Gasteiger partial charge in [-0.2, -0.15) is 8.42 Å². The molecule has 0 aliphatic rings. The normalized spacial score (nSPS) is 11.4. The van der Waals surface area contributed by atoms with E-state index in [0.29, 0.717) is 11.0 Å². The summed E-state index contributed by atoms with van der Waals surface area (Å²) < 4.78 is 40.6. The summed E-state index contributed by atoms with van der Waals surface area (Å²) >= 11 is 3.11. The molecule has 0 bridgehead atoms. The van der Waals surface area contributed by atoms with Gasteiger partial charge in [0.25, 0.3) is 10.0 Å². The topological polar surface area (TPSA) is 71.1 Å². The van der Waals surface area contributed by atoms with Gasteiger partial charge in [-0.05, 0) is 46.7 Å². The molecule has 5 nitrogen and oxygen atoms in total. The van der Waals surface area contributed by atoms with Gasteiger partial charge in [-0.15, -0.1) is 0 Å². The van der Waals surface area contributed by atoms with Gasteiger partial charge in [0.15, 0.2) is 5.03 Å². The van der Waals surface area contributed by atoms with Gasteiger partial charge in [-0.3, -0.25) is 4.72 Å². The molecule has 2 N–H and O–H groups in total. The zero-order valence-corrected chi connectivity index (χ0v) is 13.5. The van der Waals surface area contributed by atoms with Crippen LogP contribution in [0.4, 0.5) is 10.1 Å². The van der Waals surface area contributed by atoms with Crippen LogP contribution in [0.1, 0.15) is 5.56 Å². The first-order chi connectivity index (χ1) is 9.94. The SMILES string of the molecule is CNCc1ccc(S(=O)(=O)Nc2c(F)cccc2Br)nc1. The van der Waals surface area contributed by atoms with E-state index in [1.165, 1.54) is 24.4 Å². The molecule has 8 heteroatoms. The lowest BCUT2D eigenvalue weighted by Crippen LogP contribution is -2.16. The van der Waals surface area contributed by atoms with Crippen molar-refractivity contribution in [2.45, 2.75) is 11.6 Å². The van der Waals surface area contributed by atoms with E-state index in [-0.39, 0.29) is 10.7 Å². The third-order valence-electron chi connectivity index (χ3n) is 2.65. The van der Waals surface area contributed by atoms with E-state index in [0.717, 1.165) is 5.56 Å². The van der Waals surface area contributed by atoms with E-state index in [9.17, 15) is 12.8 Å². The lowest BCUT2D eigenvalue weighted by atomic mass is 10.3. The molecule has 0 unspecified atom stereocenters. The summed E-state index contributed by atoms with van der Waals surface area (Å²) in [4.78, 5) is 3.90. The number of sulfonamides is 1. The van der Waals surface area contributed by atoms with Crippen molar-refractivity contribution in [2.24, 2.45) is 0 Å². The average molecular weight is 374 g/mol. The Kier molecular flexibility index (Phi) is 4.92. The second kappa shape index (κ2) is 6.50. The lowest BCUT2D eigenvalue weighted by molar-refractivity contribution is 0.595. The zero-order chi connectivity index (χ0) is 15.5. The number of nitrogens with one attached hydrogen (secondary N) is 2. The van der Waals surface area contributed by atoms with Crippen molar-refractivity contribution in [1.29, 1.82) is 0 Å². The fourth-order valence-electron chi connectivity index (χ4n) is 1.66. The smallest absolute Gasteiger partial charge is 0.279 e. The summed E-state index contributed by atoms with van der Waals surface area (Å²) in [5.41, 5.74) is 0.710. The lowest BCUT2D eigenvalue weighted by Gasteiger charge is -2.10. The van der Waals surface area contributed by atoms with Crippen LogP contribution >= 0.6 is 15.9 Å². The highest BCUT2D eigenvalue weighted by Gasteiger charge is 2.19. The first kappa shape index (κ1) is 15.9. The minimum atomic E-state index is -3.94. The Morgan fingerprint density at radius 1 is 1.29 bits per heavy atom. The minimum absolute atomic E-state index is 0.140. The van der Waals surface area contributed by atoms with Crippen molar-refractivity contribution < 1.29 is 12.8 Å². The van der Waals surface area contributed by atoms with Crippen LogP contribution in [0.2, 0.25) is 0 Å². The minimum Gasteiger partial charge on any atom is -0.316 e. The number of hydrogen-bond donors (Lipinski definition) is 2. The van der Waals surface area contributed by atoms with Crippen LogP contribution in [0.25, 0.3) is 0 Å². The van der Waals surface area contributed by atoms with E-state index in [4.69, 9.17) is 0 Å². The number of rotatable bonds is 5. The molecule has 1 heterocycles. The maximum absolute atomic E-state index is 13.7. The molecule has 0 saturated heterocycles. The number of benzene rings is 1. The van der Waals surface area contributed by atoms with Crippen LogP contribution < -0.4 is 10.0 Å². The Morgan fingerprint density at radius 3 is 2.62 bits per heavy atom. The van der Waals surface area contributed by atoms with Crippen molar-refractivity contribution >= 4 is 31.6 Å². The largest absolute Gasteiger partial charge is 0.316 e. The summed E-state index contributed by atoms with van der Waals surface area (Å²) in [5, 5.41) is 2.77. The van der Waals surface area contributed by atoms with Gasteiger partial charge >= 0.3 is 0 Å². The second-order valence-electron chi connectivity index (χ2n) is 4.24. The highest BCUT2D eigenvalue weighted by molar-refractivity contribution is 9.10. The molecule has 0 amide bonds. The van der Waals surface area contributed by atoms with Gasteiger partial charge < -0.3 is 5.32 Å². The van der Waals surface area contributed by atoms with E-state index < -0.39 is 15.8 Å².